The fourth-order valence-electron chi connectivity index (χ4n) is 2.01. The number of sulfonamides is 1. The molecule has 0 radical (unpaired) electrons. The number of rotatable bonds is 7. The van der Waals surface area contributed by atoms with Gasteiger partial charge in [-0.05, 0) is 45.4 Å². The van der Waals surface area contributed by atoms with E-state index in [0.29, 0.717) is 23.2 Å². The Morgan fingerprint density at radius 3 is 2.35 bits per heavy atom. The average molecular weight is 319 g/mol. The van der Waals surface area contributed by atoms with Crippen molar-refractivity contribution < 1.29 is 8.42 Å². The van der Waals surface area contributed by atoms with Gasteiger partial charge >= 0.3 is 0 Å². The van der Waals surface area contributed by atoms with Crippen molar-refractivity contribution >= 4 is 21.4 Å². The Hall–Kier alpha value is -0.430. The van der Waals surface area contributed by atoms with Gasteiger partial charge in [0.25, 0.3) is 10.0 Å². The Kier molecular flexibility index (Phi) is 6.19. The van der Waals surface area contributed by atoms with Crippen molar-refractivity contribution in [2.24, 2.45) is 5.92 Å². The van der Waals surface area contributed by atoms with Gasteiger partial charge in [0.05, 0.1) is 0 Å². The zero-order valence-electron chi connectivity index (χ0n) is 13.2. The Labute approximate surface area is 127 Å². The van der Waals surface area contributed by atoms with Gasteiger partial charge in [-0.1, -0.05) is 13.8 Å². The van der Waals surface area contributed by atoms with Crippen molar-refractivity contribution in [3.8, 4) is 0 Å². The number of thiophene rings is 1. The van der Waals surface area contributed by atoms with Crippen LogP contribution < -0.4 is 5.32 Å². The second-order valence-corrected chi connectivity index (χ2v) is 9.02. The van der Waals surface area contributed by atoms with Gasteiger partial charge in [0.15, 0.2) is 0 Å². The largest absolute Gasteiger partial charge is 0.315 e. The number of hydrogen-bond donors (Lipinski definition) is 1. The number of nitrogens with zero attached hydrogens (tertiary/aromatic N) is 1. The molecule has 0 atom stereocenters. The summed E-state index contributed by atoms with van der Waals surface area (Å²) in [5.41, 5.74) is 1.04. The first kappa shape index (κ1) is 17.6. The highest BCUT2D eigenvalue weighted by atomic mass is 32.2. The smallest absolute Gasteiger partial charge is 0.252 e. The monoisotopic (exact) mass is 318 g/mol. The third kappa shape index (κ3) is 4.04. The lowest BCUT2D eigenvalue weighted by Crippen LogP contribution is -2.39. The van der Waals surface area contributed by atoms with Gasteiger partial charge in [-0.25, -0.2) is 8.42 Å². The van der Waals surface area contributed by atoms with Crippen LogP contribution >= 0.6 is 11.3 Å². The molecular weight excluding hydrogens is 292 g/mol. The molecule has 116 valence electrons. The topological polar surface area (TPSA) is 49.4 Å². The number of hydrogen-bond acceptors (Lipinski definition) is 4. The molecule has 0 amide bonds. The third-order valence-corrected chi connectivity index (χ3v) is 6.75. The minimum absolute atomic E-state index is 0.0300. The summed E-state index contributed by atoms with van der Waals surface area (Å²) in [6.07, 6.45) is 0. The number of nitrogens with one attached hydrogen (secondary N) is 1. The molecule has 0 unspecified atom stereocenters. The lowest BCUT2D eigenvalue weighted by atomic mass is 10.2. The van der Waals surface area contributed by atoms with E-state index in [9.17, 15) is 8.42 Å². The normalized spacial score (nSPS) is 12.8. The fraction of sp³-hybridized carbons (Fsp3) is 0.714. The summed E-state index contributed by atoms with van der Waals surface area (Å²) in [6, 6.07) is 1.76. The Balaban J connectivity index is 3.16. The van der Waals surface area contributed by atoms with Gasteiger partial charge in [0.1, 0.15) is 4.21 Å². The predicted octanol–water partition coefficient (Wildman–Crippen LogP) is 2.83. The van der Waals surface area contributed by atoms with E-state index in [1.165, 1.54) is 11.3 Å². The van der Waals surface area contributed by atoms with Crippen molar-refractivity contribution in [1.29, 1.82) is 0 Å². The minimum Gasteiger partial charge on any atom is -0.315 e. The standard InChI is InChI=1S/C14H26N2O2S2/c1-10(2)9-16(11(3)4)20(17,18)14-7-12(5)13(19-14)8-15-6/h7,10-11,15H,8-9H2,1-6H3. The first-order chi connectivity index (χ1) is 9.20. The molecule has 6 heteroatoms. The van der Waals surface area contributed by atoms with Crippen molar-refractivity contribution in [2.45, 2.75) is 51.4 Å². The summed E-state index contributed by atoms with van der Waals surface area (Å²) in [4.78, 5) is 1.08. The van der Waals surface area contributed by atoms with Crippen LogP contribution in [0.4, 0.5) is 0 Å². The van der Waals surface area contributed by atoms with Crippen molar-refractivity contribution in [1.82, 2.24) is 9.62 Å². The third-order valence-electron chi connectivity index (χ3n) is 3.02. The zero-order valence-corrected chi connectivity index (χ0v) is 14.9. The summed E-state index contributed by atoms with van der Waals surface area (Å²) in [5.74, 6) is 0.310. The Bertz CT molecular complexity index is 533. The molecule has 1 aromatic rings. The second-order valence-electron chi connectivity index (χ2n) is 5.76. The molecule has 4 nitrogen and oxygen atoms in total. The maximum Gasteiger partial charge on any atom is 0.252 e. The molecule has 0 saturated heterocycles. The van der Waals surface area contributed by atoms with E-state index in [1.807, 2.05) is 41.7 Å². The van der Waals surface area contributed by atoms with E-state index in [1.54, 1.807) is 10.4 Å². The summed E-state index contributed by atoms with van der Waals surface area (Å²) in [5, 5.41) is 3.08. The van der Waals surface area contributed by atoms with E-state index in [4.69, 9.17) is 0 Å². The van der Waals surface area contributed by atoms with E-state index in [-0.39, 0.29) is 6.04 Å². The first-order valence-electron chi connectivity index (χ1n) is 6.95. The summed E-state index contributed by atoms with van der Waals surface area (Å²) >= 11 is 1.37. The highest BCUT2D eigenvalue weighted by molar-refractivity contribution is 7.91. The summed E-state index contributed by atoms with van der Waals surface area (Å²) in [7, 11) is -1.52. The summed E-state index contributed by atoms with van der Waals surface area (Å²) < 4.78 is 27.6. The van der Waals surface area contributed by atoms with Crippen LogP contribution in [0.5, 0.6) is 0 Å². The molecule has 1 rings (SSSR count). The molecule has 0 aliphatic heterocycles. The van der Waals surface area contributed by atoms with Crippen LogP contribution in [-0.2, 0) is 16.6 Å². The molecule has 0 bridgehead atoms. The molecule has 0 aliphatic carbocycles. The Morgan fingerprint density at radius 2 is 1.90 bits per heavy atom. The maximum atomic E-state index is 12.8. The van der Waals surface area contributed by atoms with Crippen molar-refractivity contribution in [3.05, 3.63) is 16.5 Å². The average Bonchev–Trinajstić information content (AvgIpc) is 2.68. The lowest BCUT2D eigenvalue weighted by molar-refractivity contribution is 0.319. The SMILES string of the molecule is CNCc1sc(S(=O)(=O)N(CC(C)C)C(C)C)cc1C. The van der Waals surface area contributed by atoms with Gasteiger partial charge in [-0.2, -0.15) is 4.31 Å². The minimum atomic E-state index is -3.39. The quantitative estimate of drug-likeness (QED) is 0.841. The fourth-order valence-corrected chi connectivity index (χ4v) is 5.55. The molecule has 20 heavy (non-hydrogen) atoms. The maximum absolute atomic E-state index is 12.8. The van der Waals surface area contributed by atoms with E-state index < -0.39 is 10.0 Å². The lowest BCUT2D eigenvalue weighted by Gasteiger charge is -2.26. The predicted molar refractivity (Wildman–Crippen MR) is 85.7 cm³/mol. The van der Waals surface area contributed by atoms with Crippen LogP contribution in [0, 0.1) is 12.8 Å². The molecule has 1 heterocycles. The first-order valence-corrected chi connectivity index (χ1v) is 9.21. The summed E-state index contributed by atoms with van der Waals surface area (Å²) in [6.45, 7) is 11.2. The van der Waals surface area contributed by atoms with Gasteiger partial charge < -0.3 is 5.32 Å². The van der Waals surface area contributed by atoms with Gasteiger partial charge in [-0.15, -0.1) is 11.3 Å². The second kappa shape index (κ2) is 7.02. The van der Waals surface area contributed by atoms with Crippen molar-refractivity contribution in [2.75, 3.05) is 13.6 Å². The Morgan fingerprint density at radius 1 is 1.30 bits per heavy atom. The van der Waals surface area contributed by atoms with Crippen LogP contribution in [0.3, 0.4) is 0 Å². The zero-order chi connectivity index (χ0) is 15.5. The van der Waals surface area contributed by atoms with Gasteiger partial charge in [0, 0.05) is 24.0 Å². The molecule has 0 spiro atoms. The highest BCUT2D eigenvalue weighted by Crippen LogP contribution is 2.29. The van der Waals surface area contributed by atoms with E-state index in [0.717, 1.165) is 10.4 Å². The highest BCUT2D eigenvalue weighted by Gasteiger charge is 2.29. The van der Waals surface area contributed by atoms with Crippen LogP contribution in [0.1, 0.15) is 38.1 Å². The van der Waals surface area contributed by atoms with Crippen molar-refractivity contribution in [3.63, 3.8) is 0 Å². The molecule has 1 aromatic heterocycles. The molecule has 0 fully saturated rings. The molecular formula is C14H26N2O2S2. The van der Waals surface area contributed by atoms with Crippen LogP contribution in [0.15, 0.2) is 10.3 Å². The molecule has 0 aromatic carbocycles. The van der Waals surface area contributed by atoms with Crippen LogP contribution in [0.25, 0.3) is 0 Å². The molecule has 0 saturated carbocycles. The van der Waals surface area contributed by atoms with E-state index in [2.05, 4.69) is 5.32 Å². The molecule has 0 aliphatic rings. The van der Waals surface area contributed by atoms with E-state index >= 15 is 0 Å². The van der Waals surface area contributed by atoms with Gasteiger partial charge in [-0.3, -0.25) is 0 Å². The molecule has 1 N–H and O–H groups in total. The van der Waals surface area contributed by atoms with Gasteiger partial charge in [0.2, 0.25) is 0 Å². The van der Waals surface area contributed by atoms with Crippen LogP contribution in [0.2, 0.25) is 0 Å². The number of aryl methyl sites for hydroxylation is 1. The van der Waals surface area contributed by atoms with Crippen LogP contribution in [-0.4, -0.2) is 32.4 Å².